The first kappa shape index (κ1) is 13.2. The molecular formula is C12H23N3O. The van der Waals surface area contributed by atoms with Crippen molar-refractivity contribution in [2.75, 3.05) is 7.11 Å². The summed E-state index contributed by atoms with van der Waals surface area (Å²) >= 11 is 0. The first-order chi connectivity index (χ1) is 7.57. The van der Waals surface area contributed by atoms with Crippen molar-refractivity contribution in [2.45, 2.75) is 51.8 Å². The summed E-state index contributed by atoms with van der Waals surface area (Å²) in [6.07, 6.45) is 5.45. The standard InChI is InChI=1S/C12H23N3O/c1-5-12(3,16-4)10(13)9-11-14-7-8-15(11)6-2/h7-8,10H,5-6,9,13H2,1-4H3. The molecule has 0 aliphatic rings. The fraction of sp³-hybridized carbons (Fsp3) is 0.750. The minimum Gasteiger partial charge on any atom is -0.377 e. The van der Waals surface area contributed by atoms with Gasteiger partial charge in [0.2, 0.25) is 0 Å². The Morgan fingerprint density at radius 2 is 2.25 bits per heavy atom. The summed E-state index contributed by atoms with van der Waals surface area (Å²) in [6, 6.07) is -0.0322. The molecule has 16 heavy (non-hydrogen) atoms. The van der Waals surface area contributed by atoms with E-state index in [9.17, 15) is 0 Å². The van der Waals surface area contributed by atoms with Crippen molar-refractivity contribution in [3.63, 3.8) is 0 Å². The lowest BCUT2D eigenvalue weighted by molar-refractivity contribution is -0.0190. The molecule has 0 amide bonds. The highest BCUT2D eigenvalue weighted by molar-refractivity contribution is 4.99. The van der Waals surface area contributed by atoms with Crippen molar-refractivity contribution in [3.05, 3.63) is 18.2 Å². The molecule has 0 aliphatic carbocycles. The zero-order valence-electron chi connectivity index (χ0n) is 10.7. The second-order valence-corrected chi connectivity index (χ2v) is 4.31. The van der Waals surface area contributed by atoms with Crippen molar-refractivity contribution >= 4 is 0 Å². The Bertz CT molecular complexity index is 318. The molecule has 0 bridgehead atoms. The van der Waals surface area contributed by atoms with E-state index in [0.717, 1.165) is 25.2 Å². The molecule has 1 rings (SSSR count). The number of methoxy groups -OCH3 is 1. The van der Waals surface area contributed by atoms with Crippen LogP contribution in [0.5, 0.6) is 0 Å². The van der Waals surface area contributed by atoms with E-state index in [4.69, 9.17) is 10.5 Å². The van der Waals surface area contributed by atoms with Crippen molar-refractivity contribution < 1.29 is 4.74 Å². The fourth-order valence-corrected chi connectivity index (χ4v) is 1.79. The van der Waals surface area contributed by atoms with Gasteiger partial charge in [0.1, 0.15) is 5.82 Å². The molecule has 4 nitrogen and oxygen atoms in total. The van der Waals surface area contributed by atoms with Gasteiger partial charge in [-0.15, -0.1) is 0 Å². The number of rotatable bonds is 6. The number of ether oxygens (including phenoxy) is 1. The Morgan fingerprint density at radius 3 is 2.75 bits per heavy atom. The Kier molecular flexibility index (Phi) is 4.50. The quantitative estimate of drug-likeness (QED) is 0.800. The van der Waals surface area contributed by atoms with Gasteiger partial charge in [0.25, 0.3) is 0 Å². The van der Waals surface area contributed by atoms with Crippen LogP contribution in [-0.2, 0) is 17.7 Å². The predicted octanol–water partition coefficient (Wildman–Crippen LogP) is 1.59. The van der Waals surface area contributed by atoms with E-state index >= 15 is 0 Å². The maximum absolute atomic E-state index is 6.21. The molecule has 0 aliphatic heterocycles. The Morgan fingerprint density at radius 1 is 1.56 bits per heavy atom. The van der Waals surface area contributed by atoms with E-state index < -0.39 is 0 Å². The average Bonchev–Trinajstić information content (AvgIpc) is 2.75. The van der Waals surface area contributed by atoms with Gasteiger partial charge in [0, 0.05) is 38.5 Å². The minimum absolute atomic E-state index is 0.0322. The fourth-order valence-electron chi connectivity index (χ4n) is 1.79. The van der Waals surface area contributed by atoms with E-state index in [-0.39, 0.29) is 11.6 Å². The molecule has 1 aromatic heterocycles. The molecule has 0 radical (unpaired) electrons. The van der Waals surface area contributed by atoms with Gasteiger partial charge >= 0.3 is 0 Å². The third-order valence-corrected chi connectivity index (χ3v) is 3.50. The summed E-state index contributed by atoms with van der Waals surface area (Å²) in [7, 11) is 1.72. The van der Waals surface area contributed by atoms with Crippen LogP contribution in [0.3, 0.4) is 0 Å². The van der Waals surface area contributed by atoms with Crippen molar-refractivity contribution in [1.29, 1.82) is 0 Å². The normalized spacial score (nSPS) is 17.1. The van der Waals surface area contributed by atoms with Crippen LogP contribution < -0.4 is 5.73 Å². The predicted molar refractivity (Wildman–Crippen MR) is 65.3 cm³/mol. The van der Waals surface area contributed by atoms with Crippen LogP contribution in [0, 0.1) is 0 Å². The molecule has 92 valence electrons. The van der Waals surface area contributed by atoms with Gasteiger partial charge in [-0.1, -0.05) is 6.92 Å². The van der Waals surface area contributed by atoms with Gasteiger partial charge in [-0.2, -0.15) is 0 Å². The number of aryl methyl sites for hydroxylation is 1. The lowest BCUT2D eigenvalue weighted by Crippen LogP contribution is -2.48. The maximum Gasteiger partial charge on any atom is 0.110 e. The maximum atomic E-state index is 6.21. The molecule has 4 heteroatoms. The molecule has 0 spiro atoms. The summed E-state index contributed by atoms with van der Waals surface area (Å²) in [5.74, 6) is 1.03. The molecule has 1 heterocycles. The zero-order valence-corrected chi connectivity index (χ0v) is 10.7. The van der Waals surface area contributed by atoms with Gasteiger partial charge in [0.15, 0.2) is 0 Å². The highest BCUT2D eigenvalue weighted by atomic mass is 16.5. The molecule has 0 saturated heterocycles. The van der Waals surface area contributed by atoms with Crippen LogP contribution in [0.4, 0.5) is 0 Å². The van der Waals surface area contributed by atoms with Crippen molar-refractivity contribution in [2.24, 2.45) is 5.73 Å². The Hall–Kier alpha value is -0.870. The van der Waals surface area contributed by atoms with Gasteiger partial charge in [-0.3, -0.25) is 0 Å². The molecule has 2 N–H and O–H groups in total. The summed E-state index contributed by atoms with van der Waals surface area (Å²) in [5.41, 5.74) is 5.94. The number of hydrogen-bond donors (Lipinski definition) is 1. The van der Waals surface area contributed by atoms with Gasteiger partial charge in [-0.05, 0) is 20.3 Å². The number of aromatic nitrogens is 2. The molecular weight excluding hydrogens is 202 g/mol. The van der Waals surface area contributed by atoms with Gasteiger partial charge < -0.3 is 15.0 Å². The summed E-state index contributed by atoms with van der Waals surface area (Å²) in [6.45, 7) is 7.18. The number of hydrogen-bond acceptors (Lipinski definition) is 3. The molecule has 1 aromatic rings. The molecule has 0 fully saturated rings. The highest BCUT2D eigenvalue weighted by Crippen LogP contribution is 2.20. The molecule has 0 aromatic carbocycles. The zero-order chi connectivity index (χ0) is 12.2. The van der Waals surface area contributed by atoms with Crippen molar-refractivity contribution in [3.8, 4) is 0 Å². The smallest absolute Gasteiger partial charge is 0.110 e. The Balaban J connectivity index is 2.74. The van der Waals surface area contributed by atoms with Crippen LogP contribution >= 0.6 is 0 Å². The molecule has 2 unspecified atom stereocenters. The summed E-state index contributed by atoms with van der Waals surface area (Å²) in [4.78, 5) is 4.34. The van der Waals surface area contributed by atoms with Gasteiger partial charge in [0.05, 0.1) is 5.60 Å². The largest absolute Gasteiger partial charge is 0.377 e. The van der Waals surface area contributed by atoms with E-state index in [2.05, 4.69) is 30.3 Å². The third kappa shape index (κ3) is 2.62. The number of imidazole rings is 1. The van der Waals surface area contributed by atoms with Crippen LogP contribution in [0.25, 0.3) is 0 Å². The van der Waals surface area contributed by atoms with E-state index in [0.29, 0.717) is 0 Å². The van der Waals surface area contributed by atoms with Crippen LogP contribution in [0.1, 0.15) is 33.0 Å². The summed E-state index contributed by atoms with van der Waals surface area (Å²) < 4.78 is 7.63. The lowest BCUT2D eigenvalue weighted by Gasteiger charge is -2.33. The van der Waals surface area contributed by atoms with Gasteiger partial charge in [-0.25, -0.2) is 4.98 Å². The SMILES string of the molecule is CCn1ccnc1CC(N)C(C)(CC)OC. The number of nitrogens with two attached hydrogens (primary N) is 1. The first-order valence-electron chi connectivity index (χ1n) is 5.88. The second kappa shape index (κ2) is 5.46. The van der Waals surface area contributed by atoms with E-state index in [1.165, 1.54) is 0 Å². The number of nitrogens with zero attached hydrogens (tertiary/aromatic N) is 2. The minimum atomic E-state index is -0.273. The first-order valence-corrected chi connectivity index (χ1v) is 5.88. The van der Waals surface area contributed by atoms with Crippen LogP contribution in [0.15, 0.2) is 12.4 Å². The third-order valence-electron chi connectivity index (χ3n) is 3.50. The monoisotopic (exact) mass is 225 g/mol. The molecule has 0 saturated carbocycles. The second-order valence-electron chi connectivity index (χ2n) is 4.31. The van der Waals surface area contributed by atoms with E-state index in [1.807, 2.05) is 12.4 Å². The topological polar surface area (TPSA) is 53.1 Å². The van der Waals surface area contributed by atoms with E-state index in [1.54, 1.807) is 7.11 Å². The highest BCUT2D eigenvalue weighted by Gasteiger charge is 2.30. The lowest BCUT2D eigenvalue weighted by atomic mass is 9.91. The Labute approximate surface area is 97.8 Å². The van der Waals surface area contributed by atoms with Crippen LogP contribution in [0.2, 0.25) is 0 Å². The van der Waals surface area contributed by atoms with Crippen molar-refractivity contribution in [1.82, 2.24) is 9.55 Å². The summed E-state index contributed by atoms with van der Waals surface area (Å²) in [5, 5.41) is 0. The van der Waals surface area contributed by atoms with Crippen LogP contribution in [-0.4, -0.2) is 28.3 Å². The average molecular weight is 225 g/mol. The molecule has 2 atom stereocenters.